The van der Waals surface area contributed by atoms with Crippen LogP contribution in [0, 0.1) is 6.92 Å². The summed E-state index contributed by atoms with van der Waals surface area (Å²) in [5, 5.41) is 19.4. The highest BCUT2D eigenvalue weighted by Crippen LogP contribution is 2.27. The summed E-state index contributed by atoms with van der Waals surface area (Å²) in [4.78, 5) is 0. The molecular formula is C20H15Cl3N6S. The maximum absolute atomic E-state index is 6.56. The van der Waals surface area contributed by atoms with Crippen molar-refractivity contribution in [3.63, 3.8) is 0 Å². The first-order valence-electron chi connectivity index (χ1n) is 8.84. The van der Waals surface area contributed by atoms with Crippen LogP contribution in [0.5, 0.6) is 0 Å². The van der Waals surface area contributed by atoms with E-state index in [9.17, 15) is 0 Å². The molecule has 152 valence electrons. The molecule has 0 aliphatic heterocycles. The van der Waals surface area contributed by atoms with Crippen LogP contribution in [0.1, 0.15) is 16.8 Å². The van der Waals surface area contributed by atoms with E-state index in [4.69, 9.17) is 34.8 Å². The van der Waals surface area contributed by atoms with Crippen LogP contribution in [-0.2, 0) is 5.75 Å². The molecule has 0 aliphatic carbocycles. The molecule has 10 heteroatoms. The van der Waals surface area contributed by atoms with Gasteiger partial charge < -0.3 is 0 Å². The molecule has 0 bridgehead atoms. The van der Waals surface area contributed by atoms with E-state index < -0.39 is 0 Å². The Morgan fingerprint density at radius 2 is 1.83 bits per heavy atom. The average molecular weight is 478 g/mol. The fourth-order valence-corrected chi connectivity index (χ4v) is 4.16. The predicted octanol–water partition coefficient (Wildman–Crippen LogP) is 5.91. The number of nitrogens with zero attached hydrogens (tertiary/aromatic N) is 6. The van der Waals surface area contributed by atoms with Crippen molar-refractivity contribution in [2.45, 2.75) is 17.8 Å². The van der Waals surface area contributed by atoms with Crippen LogP contribution in [0.15, 0.2) is 65.1 Å². The molecule has 0 saturated heterocycles. The number of hydrogen-bond donors (Lipinski definition) is 0. The Morgan fingerprint density at radius 3 is 2.60 bits per heavy atom. The van der Waals surface area contributed by atoms with Crippen LogP contribution in [0.4, 0.5) is 0 Å². The minimum Gasteiger partial charge on any atom is -0.220 e. The molecule has 2 aromatic heterocycles. The van der Waals surface area contributed by atoms with E-state index in [1.165, 1.54) is 11.8 Å². The van der Waals surface area contributed by atoms with Gasteiger partial charge in [0.25, 0.3) is 0 Å². The Morgan fingerprint density at radius 1 is 1.07 bits per heavy atom. The molecule has 0 fully saturated rings. The van der Waals surface area contributed by atoms with E-state index in [2.05, 4.69) is 20.4 Å². The van der Waals surface area contributed by atoms with Crippen molar-refractivity contribution < 1.29 is 0 Å². The average Bonchev–Trinajstić information content (AvgIpc) is 3.30. The van der Waals surface area contributed by atoms with Crippen LogP contribution >= 0.6 is 46.6 Å². The Labute approximate surface area is 192 Å². The van der Waals surface area contributed by atoms with Crippen molar-refractivity contribution in [1.29, 1.82) is 0 Å². The zero-order valence-corrected chi connectivity index (χ0v) is 18.8. The van der Waals surface area contributed by atoms with Crippen molar-refractivity contribution >= 4 is 52.8 Å². The van der Waals surface area contributed by atoms with E-state index >= 15 is 0 Å². The Kier molecular flexibility index (Phi) is 6.43. The minimum atomic E-state index is 0.424. The van der Waals surface area contributed by atoms with E-state index in [1.54, 1.807) is 28.0 Å². The molecule has 0 saturated carbocycles. The third-order valence-electron chi connectivity index (χ3n) is 4.22. The summed E-state index contributed by atoms with van der Waals surface area (Å²) in [6, 6.07) is 15.1. The highest BCUT2D eigenvalue weighted by Gasteiger charge is 2.15. The van der Waals surface area contributed by atoms with Crippen molar-refractivity contribution in [2.75, 3.05) is 0 Å². The molecule has 0 atom stereocenters. The first-order chi connectivity index (χ1) is 14.5. The van der Waals surface area contributed by atoms with Gasteiger partial charge in [-0.05, 0) is 36.8 Å². The summed E-state index contributed by atoms with van der Waals surface area (Å²) >= 11 is 20.3. The summed E-state index contributed by atoms with van der Waals surface area (Å²) in [6.45, 7) is 1.86. The summed E-state index contributed by atoms with van der Waals surface area (Å²) in [5.41, 5.74) is 3.25. The first kappa shape index (κ1) is 20.9. The van der Waals surface area contributed by atoms with Crippen molar-refractivity contribution in [3.05, 3.63) is 86.9 Å². The monoisotopic (exact) mass is 476 g/mol. The fourth-order valence-electron chi connectivity index (χ4n) is 2.68. The fraction of sp³-hybridized carbons (Fsp3) is 0.100. The van der Waals surface area contributed by atoms with Crippen LogP contribution < -0.4 is 0 Å². The van der Waals surface area contributed by atoms with E-state index in [1.807, 2.05) is 49.4 Å². The van der Waals surface area contributed by atoms with Crippen molar-refractivity contribution in [1.82, 2.24) is 24.7 Å². The number of halogens is 3. The van der Waals surface area contributed by atoms with Crippen LogP contribution in [0.2, 0.25) is 15.2 Å². The molecule has 6 nitrogen and oxygen atoms in total. The lowest BCUT2D eigenvalue weighted by Crippen LogP contribution is -1.97. The first-order valence-corrected chi connectivity index (χ1v) is 11.0. The van der Waals surface area contributed by atoms with Gasteiger partial charge in [-0.3, -0.25) is 0 Å². The van der Waals surface area contributed by atoms with Gasteiger partial charge in [0.05, 0.1) is 28.2 Å². The van der Waals surface area contributed by atoms with Gasteiger partial charge in [0.2, 0.25) is 5.16 Å². The van der Waals surface area contributed by atoms with E-state index in [0.29, 0.717) is 31.6 Å². The SMILES string of the molecule is Cc1nn(-c2ccccc2Cl)c(Cl)c1/C=N/n1cnnc1SCc1ccc(Cl)cc1. The minimum absolute atomic E-state index is 0.424. The molecule has 0 amide bonds. The number of para-hydroxylation sites is 1. The summed E-state index contributed by atoms with van der Waals surface area (Å²) < 4.78 is 3.20. The van der Waals surface area contributed by atoms with Gasteiger partial charge in [0.1, 0.15) is 11.5 Å². The van der Waals surface area contributed by atoms with Gasteiger partial charge in [-0.1, -0.05) is 70.8 Å². The Balaban J connectivity index is 1.55. The number of aromatic nitrogens is 5. The van der Waals surface area contributed by atoms with Gasteiger partial charge in [-0.15, -0.1) is 10.2 Å². The highest BCUT2D eigenvalue weighted by molar-refractivity contribution is 7.98. The van der Waals surface area contributed by atoms with E-state index in [0.717, 1.165) is 17.0 Å². The van der Waals surface area contributed by atoms with Crippen LogP contribution in [0.25, 0.3) is 5.69 Å². The van der Waals surface area contributed by atoms with Gasteiger partial charge in [0.15, 0.2) is 0 Å². The summed E-state index contributed by atoms with van der Waals surface area (Å²) in [5.74, 6) is 0.718. The molecule has 0 N–H and O–H groups in total. The third kappa shape index (κ3) is 4.54. The molecule has 4 aromatic rings. The second-order valence-corrected chi connectivity index (χ2v) is 8.42. The third-order valence-corrected chi connectivity index (χ3v) is 6.16. The standard InChI is InChI=1S/C20H15Cl3N6S/c1-13-16(19(23)29(27-13)18-5-3-2-4-17(18)22)10-25-28-12-24-26-20(28)30-11-14-6-8-15(21)9-7-14/h2-10,12H,11H2,1H3/b25-10+. The quantitative estimate of drug-likeness (QED) is 0.256. The molecule has 4 rings (SSSR count). The molecule has 2 heterocycles. The lowest BCUT2D eigenvalue weighted by molar-refractivity contribution is 0.767. The molecule has 30 heavy (non-hydrogen) atoms. The topological polar surface area (TPSA) is 60.9 Å². The van der Waals surface area contributed by atoms with Gasteiger partial charge in [-0.2, -0.15) is 14.9 Å². The molecule has 0 aliphatic rings. The second kappa shape index (κ2) is 9.22. The second-order valence-electron chi connectivity index (χ2n) is 6.27. The highest BCUT2D eigenvalue weighted by atomic mass is 35.5. The molecule has 0 spiro atoms. The molecule has 0 unspecified atom stereocenters. The zero-order chi connectivity index (χ0) is 21.1. The van der Waals surface area contributed by atoms with Crippen LogP contribution in [0.3, 0.4) is 0 Å². The lowest BCUT2D eigenvalue weighted by Gasteiger charge is -2.05. The number of thioether (sulfide) groups is 1. The van der Waals surface area contributed by atoms with Crippen LogP contribution in [-0.4, -0.2) is 30.9 Å². The number of hydrogen-bond acceptors (Lipinski definition) is 5. The zero-order valence-electron chi connectivity index (χ0n) is 15.7. The Hall–Kier alpha value is -2.32. The normalized spacial score (nSPS) is 11.5. The largest absolute Gasteiger partial charge is 0.220 e. The summed E-state index contributed by atoms with van der Waals surface area (Å²) in [7, 11) is 0. The predicted molar refractivity (Wildman–Crippen MR) is 122 cm³/mol. The van der Waals surface area contributed by atoms with Crippen molar-refractivity contribution in [2.24, 2.45) is 5.10 Å². The van der Waals surface area contributed by atoms with Gasteiger partial charge in [-0.25, -0.2) is 4.68 Å². The maximum atomic E-state index is 6.56. The molecular weight excluding hydrogens is 463 g/mol. The number of benzene rings is 2. The number of rotatable bonds is 6. The van der Waals surface area contributed by atoms with Gasteiger partial charge >= 0.3 is 0 Å². The number of aryl methyl sites for hydroxylation is 1. The molecule has 0 radical (unpaired) electrons. The van der Waals surface area contributed by atoms with Crippen molar-refractivity contribution in [3.8, 4) is 5.69 Å². The van der Waals surface area contributed by atoms with E-state index in [-0.39, 0.29) is 0 Å². The van der Waals surface area contributed by atoms with Gasteiger partial charge in [0, 0.05) is 10.8 Å². The lowest BCUT2D eigenvalue weighted by atomic mass is 10.2. The Bertz CT molecular complexity index is 1200. The summed E-state index contributed by atoms with van der Waals surface area (Å²) in [6.07, 6.45) is 3.19. The smallest absolute Gasteiger partial charge is 0.212 e. The maximum Gasteiger partial charge on any atom is 0.212 e. The molecule has 2 aromatic carbocycles.